The second-order valence-electron chi connectivity index (χ2n) is 8.86. The Labute approximate surface area is 200 Å². The fourth-order valence-electron chi connectivity index (χ4n) is 4.64. The summed E-state index contributed by atoms with van der Waals surface area (Å²) in [5.41, 5.74) is 4.26. The number of hydrogen-bond acceptors (Lipinski definition) is 2. The molecule has 4 aromatic carbocycles. The number of carbonyl (C=O) groups is 2. The molecule has 0 fully saturated rings. The molecule has 0 saturated heterocycles. The maximum absolute atomic E-state index is 13.6. The minimum atomic E-state index is -0.104. The van der Waals surface area contributed by atoms with Crippen LogP contribution < -0.4 is 0 Å². The van der Waals surface area contributed by atoms with Crippen molar-refractivity contribution >= 4 is 22.6 Å². The molecule has 0 spiro atoms. The fraction of sp³-hybridized carbons (Fsp3) is 0.200. The lowest BCUT2D eigenvalue weighted by Gasteiger charge is -2.31. The zero-order valence-corrected chi connectivity index (χ0v) is 19.2. The van der Waals surface area contributed by atoms with Crippen molar-refractivity contribution in [3.05, 3.63) is 119 Å². The van der Waals surface area contributed by atoms with Gasteiger partial charge in [-0.25, -0.2) is 0 Å². The molecule has 0 atom stereocenters. The van der Waals surface area contributed by atoms with E-state index in [1.807, 2.05) is 77.7 Å². The van der Waals surface area contributed by atoms with Gasteiger partial charge in [-0.05, 0) is 52.4 Å². The second-order valence-corrected chi connectivity index (χ2v) is 8.86. The molecule has 34 heavy (non-hydrogen) atoms. The third-order valence-electron chi connectivity index (χ3n) is 6.61. The number of nitrogens with zero attached hydrogens (tertiary/aromatic N) is 2. The SMILES string of the molecule is O=C(CN(CCc1ccccc1)C(=O)c1ccc2ccccc2c1)N1CCc2ccccc2C1. The first kappa shape index (κ1) is 21.9. The predicted molar refractivity (Wildman–Crippen MR) is 136 cm³/mol. The highest BCUT2D eigenvalue weighted by Gasteiger charge is 2.25. The van der Waals surface area contributed by atoms with Crippen LogP contribution in [0.3, 0.4) is 0 Å². The maximum atomic E-state index is 13.6. The highest BCUT2D eigenvalue weighted by molar-refractivity contribution is 6.00. The summed E-state index contributed by atoms with van der Waals surface area (Å²) >= 11 is 0. The van der Waals surface area contributed by atoms with Crippen LogP contribution >= 0.6 is 0 Å². The number of rotatable bonds is 6. The molecule has 1 aliphatic heterocycles. The lowest BCUT2D eigenvalue weighted by molar-refractivity contribution is -0.132. The third-order valence-corrected chi connectivity index (χ3v) is 6.61. The molecular formula is C30H28N2O2. The van der Waals surface area contributed by atoms with Crippen LogP contribution in [0.5, 0.6) is 0 Å². The van der Waals surface area contributed by atoms with E-state index in [9.17, 15) is 9.59 Å². The Morgan fingerprint density at radius 1 is 0.765 bits per heavy atom. The van der Waals surface area contributed by atoms with Crippen molar-refractivity contribution in [2.24, 2.45) is 0 Å². The highest BCUT2D eigenvalue weighted by Crippen LogP contribution is 2.20. The molecule has 0 unspecified atom stereocenters. The summed E-state index contributed by atoms with van der Waals surface area (Å²) in [6.45, 7) is 1.87. The van der Waals surface area contributed by atoms with Crippen molar-refractivity contribution in [2.75, 3.05) is 19.6 Å². The summed E-state index contributed by atoms with van der Waals surface area (Å²) in [6.07, 6.45) is 1.56. The van der Waals surface area contributed by atoms with Crippen molar-refractivity contribution in [1.29, 1.82) is 0 Å². The number of benzene rings is 4. The van der Waals surface area contributed by atoms with Crippen LogP contribution in [-0.4, -0.2) is 41.2 Å². The van der Waals surface area contributed by atoms with Crippen LogP contribution in [0.2, 0.25) is 0 Å². The Morgan fingerprint density at radius 3 is 2.29 bits per heavy atom. The molecule has 4 nitrogen and oxygen atoms in total. The molecule has 5 rings (SSSR count). The van der Waals surface area contributed by atoms with Gasteiger partial charge in [0.25, 0.3) is 5.91 Å². The smallest absolute Gasteiger partial charge is 0.254 e. The molecule has 0 N–H and O–H groups in total. The Hall–Kier alpha value is -3.92. The van der Waals surface area contributed by atoms with Gasteiger partial charge in [-0.1, -0.05) is 84.9 Å². The van der Waals surface area contributed by atoms with Gasteiger partial charge in [0.15, 0.2) is 0 Å². The van der Waals surface area contributed by atoms with Gasteiger partial charge in [0.1, 0.15) is 6.54 Å². The maximum Gasteiger partial charge on any atom is 0.254 e. The first-order chi connectivity index (χ1) is 16.7. The lowest BCUT2D eigenvalue weighted by Crippen LogP contribution is -2.45. The van der Waals surface area contributed by atoms with Crippen molar-refractivity contribution in [3.8, 4) is 0 Å². The van der Waals surface area contributed by atoms with Gasteiger partial charge in [-0.15, -0.1) is 0 Å². The number of amides is 2. The van der Waals surface area contributed by atoms with E-state index in [1.165, 1.54) is 11.1 Å². The topological polar surface area (TPSA) is 40.6 Å². The summed E-state index contributed by atoms with van der Waals surface area (Å²) in [6, 6.07) is 32.2. The Bertz CT molecular complexity index is 1320. The van der Waals surface area contributed by atoms with E-state index in [-0.39, 0.29) is 18.4 Å². The minimum Gasteiger partial charge on any atom is -0.336 e. The first-order valence-corrected chi connectivity index (χ1v) is 11.8. The van der Waals surface area contributed by atoms with E-state index < -0.39 is 0 Å². The van der Waals surface area contributed by atoms with E-state index in [2.05, 4.69) is 24.3 Å². The quantitative estimate of drug-likeness (QED) is 0.411. The van der Waals surface area contributed by atoms with Crippen molar-refractivity contribution in [1.82, 2.24) is 9.80 Å². The van der Waals surface area contributed by atoms with Crippen LogP contribution in [0, 0.1) is 0 Å². The highest BCUT2D eigenvalue weighted by atomic mass is 16.2. The monoisotopic (exact) mass is 448 g/mol. The van der Waals surface area contributed by atoms with E-state index in [0.29, 0.717) is 31.6 Å². The predicted octanol–water partition coefficient (Wildman–Crippen LogP) is 5.11. The molecule has 2 amide bonds. The van der Waals surface area contributed by atoms with Gasteiger partial charge in [-0.2, -0.15) is 0 Å². The summed E-state index contributed by atoms with van der Waals surface area (Å²) in [7, 11) is 0. The third kappa shape index (κ3) is 4.86. The molecule has 0 aliphatic carbocycles. The molecule has 0 radical (unpaired) electrons. The van der Waals surface area contributed by atoms with Gasteiger partial charge < -0.3 is 9.80 Å². The average molecular weight is 449 g/mol. The lowest BCUT2D eigenvalue weighted by atomic mass is 10.00. The number of carbonyl (C=O) groups excluding carboxylic acids is 2. The van der Waals surface area contributed by atoms with E-state index in [0.717, 1.165) is 22.8 Å². The second kappa shape index (κ2) is 9.92. The standard InChI is InChI=1S/C30H28N2O2/c33-29(31-19-17-25-11-5-7-13-28(25)21-31)22-32(18-16-23-8-2-1-3-9-23)30(34)27-15-14-24-10-4-6-12-26(24)20-27/h1-15,20H,16-19,21-22H2. The first-order valence-electron chi connectivity index (χ1n) is 11.8. The molecule has 1 aliphatic rings. The fourth-order valence-corrected chi connectivity index (χ4v) is 4.64. The Morgan fingerprint density at radius 2 is 1.47 bits per heavy atom. The minimum absolute atomic E-state index is 0.00305. The summed E-state index contributed by atoms with van der Waals surface area (Å²) in [4.78, 5) is 30.5. The van der Waals surface area contributed by atoms with E-state index in [1.54, 1.807) is 4.90 Å². The molecular weight excluding hydrogens is 420 g/mol. The zero-order chi connectivity index (χ0) is 23.3. The van der Waals surface area contributed by atoms with Gasteiger partial charge in [0.2, 0.25) is 5.91 Å². The van der Waals surface area contributed by atoms with Crippen LogP contribution in [-0.2, 0) is 24.2 Å². The summed E-state index contributed by atoms with van der Waals surface area (Å²) < 4.78 is 0. The summed E-state index contributed by atoms with van der Waals surface area (Å²) in [5.74, 6) is -0.107. The van der Waals surface area contributed by atoms with Crippen molar-refractivity contribution in [3.63, 3.8) is 0 Å². The van der Waals surface area contributed by atoms with Gasteiger partial charge >= 0.3 is 0 Å². The largest absolute Gasteiger partial charge is 0.336 e. The Balaban J connectivity index is 1.36. The average Bonchev–Trinajstić information content (AvgIpc) is 2.90. The molecule has 1 heterocycles. The van der Waals surface area contributed by atoms with Gasteiger partial charge in [-0.3, -0.25) is 9.59 Å². The van der Waals surface area contributed by atoms with Gasteiger partial charge in [0, 0.05) is 25.2 Å². The molecule has 0 saturated carbocycles. The van der Waals surface area contributed by atoms with Crippen LogP contribution in [0.15, 0.2) is 97.1 Å². The number of fused-ring (bicyclic) bond motifs is 2. The van der Waals surface area contributed by atoms with Gasteiger partial charge in [0.05, 0.1) is 0 Å². The summed E-state index contributed by atoms with van der Waals surface area (Å²) in [5, 5.41) is 2.12. The Kier molecular flexibility index (Phi) is 6.39. The van der Waals surface area contributed by atoms with Crippen LogP contribution in [0.4, 0.5) is 0 Å². The molecule has 170 valence electrons. The van der Waals surface area contributed by atoms with E-state index >= 15 is 0 Å². The molecule has 4 aromatic rings. The van der Waals surface area contributed by atoms with Crippen LogP contribution in [0.1, 0.15) is 27.0 Å². The van der Waals surface area contributed by atoms with E-state index in [4.69, 9.17) is 0 Å². The molecule has 0 aromatic heterocycles. The van der Waals surface area contributed by atoms with Crippen molar-refractivity contribution < 1.29 is 9.59 Å². The number of hydrogen-bond donors (Lipinski definition) is 0. The zero-order valence-electron chi connectivity index (χ0n) is 19.2. The molecule has 0 bridgehead atoms. The van der Waals surface area contributed by atoms with Crippen molar-refractivity contribution in [2.45, 2.75) is 19.4 Å². The molecule has 4 heteroatoms. The normalized spacial score (nSPS) is 12.9. The van der Waals surface area contributed by atoms with Crippen LogP contribution in [0.25, 0.3) is 10.8 Å².